The van der Waals surface area contributed by atoms with E-state index in [1.165, 1.54) is 17.2 Å². The summed E-state index contributed by atoms with van der Waals surface area (Å²) < 4.78 is 0. The van der Waals surface area contributed by atoms with Gasteiger partial charge < -0.3 is 0 Å². The third-order valence-electron chi connectivity index (χ3n) is 3.09. The number of hydrogen-bond donors (Lipinski definition) is 0. The highest BCUT2D eigenvalue weighted by Crippen LogP contribution is 2.21. The zero-order valence-electron chi connectivity index (χ0n) is 12.1. The topological polar surface area (TPSA) is 43.1 Å². The van der Waals surface area contributed by atoms with E-state index in [2.05, 4.69) is 88.0 Å². The molecule has 0 atom stereocenters. The van der Waals surface area contributed by atoms with Crippen molar-refractivity contribution in [3.05, 3.63) is 74.8 Å². The zero-order chi connectivity index (χ0) is 17.2. The van der Waals surface area contributed by atoms with Crippen molar-refractivity contribution < 1.29 is 4.92 Å². The lowest BCUT2D eigenvalue weighted by Crippen LogP contribution is -1.92. The first kappa shape index (κ1) is 20.8. The van der Waals surface area contributed by atoms with Crippen LogP contribution in [0.1, 0.15) is 22.3 Å². The van der Waals surface area contributed by atoms with Crippen molar-refractivity contribution in [3.63, 3.8) is 0 Å². The average Bonchev–Trinajstić information content (AvgIpc) is 2.61. The number of hydrogen-bond acceptors (Lipinski definition) is 2. The first-order valence-electron chi connectivity index (χ1n) is 6.64. The van der Waals surface area contributed by atoms with Crippen LogP contribution in [0.15, 0.2) is 42.5 Å². The predicted octanol–water partition coefficient (Wildman–Crippen LogP) is 6.86. The highest BCUT2D eigenvalue weighted by Gasteiger charge is 2.08. The summed E-state index contributed by atoms with van der Waals surface area (Å²) in [4.78, 5) is 10.1. The number of rotatable bonds is 5. The number of nitrogens with zero attached hydrogens (tertiary/aromatic N) is 1. The molecule has 0 heterocycles. The Balaban J connectivity index is 0.000000238. The number of nitro groups is 1. The molecule has 0 saturated heterocycles. The highest BCUT2D eigenvalue weighted by atomic mass is 79.9. The van der Waals surface area contributed by atoms with Gasteiger partial charge in [0.2, 0.25) is 0 Å². The molecule has 124 valence electrons. The van der Waals surface area contributed by atoms with Crippen LogP contribution in [-0.2, 0) is 21.3 Å². The van der Waals surface area contributed by atoms with Crippen LogP contribution in [0.3, 0.4) is 0 Å². The van der Waals surface area contributed by atoms with Crippen molar-refractivity contribution in [3.8, 4) is 0 Å². The van der Waals surface area contributed by atoms with Gasteiger partial charge in [-0.05, 0) is 22.3 Å². The molecular weight excluding hydrogens is 558 g/mol. The lowest BCUT2D eigenvalue weighted by molar-refractivity contribution is -0.384. The minimum atomic E-state index is -0.385. The lowest BCUT2D eigenvalue weighted by Gasteiger charge is -2.02. The maximum absolute atomic E-state index is 10.4. The number of nitro benzene ring substituents is 1. The molecule has 0 amide bonds. The van der Waals surface area contributed by atoms with E-state index in [9.17, 15) is 10.1 Å². The summed E-state index contributed by atoms with van der Waals surface area (Å²) in [6.07, 6.45) is 0. The Hall–Kier alpha value is -0.240. The van der Waals surface area contributed by atoms with Gasteiger partial charge in [0, 0.05) is 33.5 Å². The molecule has 23 heavy (non-hydrogen) atoms. The van der Waals surface area contributed by atoms with E-state index in [1.54, 1.807) is 12.1 Å². The van der Waals surface area contributed by atoms with Gasteiger partial charge in [0.1, 0.15) is 0 Å². The Morgan fingerprint density at radius 1 is 0.739 bits per heavy atom. The Bertz CT molecular complexity index is 627. The summed E-state index contributed by atoms with van der Waals surface area (Å²) >= 11 is 13.5. The molecule has 0 N–H and O–H groups in total. The Kier molecular flexibility index (Phi) is 10.3. The van der Waals surface area contributed by atoms with Gasteiger partial charge in [-0.15, -0.1) is 0 Å². The van der Waals surface area contributed by atoms with Crippen molar-refractivity contribution in [2.45, 2.75) is 21.3 Å². The minimum Gasteiger partial charge on any atom is -0.258 e. The quantitative estimate of drug-likeness (QED) is 0.223. The molecular formula is C16H15Br4NO2. The second-order valence-electron chi connectivity index (χ2n) is 4.51. The van der Waals surface area contributed by atoms with Crippen LogP contribution in [0.2, 0.25) is 0 Å². The van der Waals surface area contributed by atoms with Crippen molar-refractivity contribution >= 4 is 69.4 Å². The zero-order valence-corrected chi connectivity index (χ0v) is 18.5. The minimum absolute atomic E-state index is 0.138. The van der Waals surface area contributed by atoms with Crippen molar-refractivity contribution in [2.24, 2.45) is 0 Å². The maximum Gasteiger partial charge on any atom is 0.269 e. The Morgan fingerprint density at radius 2 is 1.17 bits per heavy atom. The van der Waals surface area contributed by atoms with E-state index in [0.29, 0.717) is 10.7 Å². The smallest absolute Gasteiger partial charge is 0.258 e. The molecule has 0 bridgehead atoms. The molecule has 0 aliphatic rings. The van der Waals surface area contributed by atoms with Crippen LogP contribution in [-0.4, -0.2) is 4.92 Å². The van der Waals surface area contributed by atoms with E-state index in [4.69, 9.17) is 0 Å². The van der Waals surface area contributed by atoms with Gasteiger partial charge in [0.15, 0.2) is 0 Å². The summed E-state index contributed by atoms with van der Waals surface area (Å²) in [5.74, 6) is 0. The third kappa shape index (κ3) is 6.64. The van der Waals surface area contributed by atoms with Crippen LogP contribution < -0.4 is 0 Å². The SMILES string of the molecule is BrCc1ccccc1CBr.O=[N+]([O-])c1ccc(CBr)c(CBr)c1. The van der Waals surface area contributed by atoms with Gasteiger partial charge in [-0.1, -0.05) is 94.1 Å². The number of halogens is 4. The standard InChI is InChI=1S/C8H7Br2NO2.C8H8Br2/c9-4-6-1-2-8(11(12)13)3-7(6)5-10;9-5-7-3-1-2-4-8(7)6-10/h1-3H,4-5H2;1-4H,5-6H2. The summed E-state index contributed by atoms with van der Waals surface area (Å²) in [6, 6.07) is 13.2. The lowest BCUT2D eigenvalue weighted by atomic mass is 10.1. The molecule has 0 fully saturated rings. The summed E-state index contributed by atoms with van der Waals surface area (Å²) in [5, 5.41) is 13.7. The van der Waals surface area contributed by atoms with Crippen molar-refractivity contribution in [1.29, 1.82) is 0 Å². The van der Waals surface area contributed by atoms with Gasteiger partial charge in [-0.25, -0.2) is 0 Å². The number of non-ortho nitro benzene ring substituents is 1. The Morgan fingerprint density at radius 3 is 1.57 bits per heavy atom. The fraction of sp³-hybridized carbons (Fsp3) is 0.250. The molecule has 3 nitrogen and oxygen atoms in total. The normalized spacial score (nSPS) is 9.91. The van der Waals surface area contributed by atoms with Crippen LogP contribution in [0.4, 0.5) is 5.69 Å². The fourth-order valence-corrected chi connectivity index (χ4v) is 3.96. The molecule has 7 heteroatoms. The molecule has 0 aliphatic carbocycles. The second-order valence-corrected chi connectivity index (χ2v) is 6.76. The fourth-order valence-electron chi connectivity index (χ4n) is 1.80. The number of benzene rings is 2. The summed E-state index contributed by atoms with van der Waals surface area (Å²) in [7, 11) is 0. The molecule has 0 unspecified atom stereocenters. The van der Waals surface area contributed by atoms with Crippen LogP contribution in [0, 0.1) is 10.1 Å². The van der Waals surface area contributed by atoms with Crippen LogP contribution in [0.5, 0.6) is 0 Å². The van der Waals surface area contributed by atoms with E-state index >= 15 is 0 Å². The Labute approximate surface area is 169 Å². The molecule has 2 aromatic carbocycles. The van der Waals surface area contributed by atoms with E-state index in [-0.39, 0.29) is 10.6 Å². The summed E-state index contributed by atoms with van der Waals surface area (Å²) in [6.45, 7) is 0. The molecule has 0 radical (unpaired) electrons. The molecule has 0 spiro atoms. The molecule has 0 aliphatic heterocycles. The third-order valence-corrected chi connectivity index (χ3v) is 5.51. The van der Waals surface area contributed by atoms with Crippen LogP contribution >= 0.6 is 63.7 Å². The van der Waals surface area contributed by atoms with Crippen molar-refractivity contribution in [1.82, 2.24) is 0 Å². The monoisotopic (exact) mass is 569 g/mol. The molecule has 0 aromatic heterocycles. The largest absolute Gasteiger partial charge is 0.269 e. The second kappa shape index (κ2) is 11.3. The van der Waals surface area contributed by atoms with Crippen molar-refractivity contribution in [2.75, 3.05) is 0 Å². The molecule has 0 saturated carbocycles. The maximum atomic E-state index is 10.4. The van der Waals surface area contributed by atoms with E-state index in [1.807, 2.05) is 0 Å². The van der Waals surface area contributed by atoms with E-state index < -0.39 is 0 Å². The van der Waals surface area contributed by atoms with Gasteiger partial charge in [0.25, 0.3) is 5.69 Å². The molecule has 2 rings (SSSR count). The predicted molar refractivity (Wildman–Crippen MR) is 110 cm³/mol. The number of alkyl halides is 4. The summed E-state index contributed by atoms with van der Waals surface area (Å²) in [5.41, 5.74) is 4.88. The van der Waals surface area contributed by atoms with Crippen LogP contribution in [0.25, 0.3) is 0 Å². The van der Waals surface area contributed by atoms with Gasteiger partial charge in [-0.2, -0.15) is 0 Å². The highest BCUT2D eigenvalue weighted by molar-refractivity contribution is 9.09. The van der Waals surface area contributed by atoms with Gasteiger partial charge >= 0.3 is 0 Å². The van der Waals surface area contributed by atoms with Gasteiger partial charge in [0.05, 0.1) is 4.92 Å². The van der Waals surface area contributed by atoms with E-state index in [0.717, 1.165) is 21.8 Å². The van der Waals surface area contributed by atoms with Gasteiger partial charge in [-0.3, -0.25) is 10.1 Å². The average molecular weight is 573 g/mol. The molecule has 2 aromatic rings. The first-order valence-corrected chi connectivity index (χ1v) is 11.1. The first-order chi connectivity index (χ1) is 11.1.